The molecule has 90 valence electrons. The summed E-state index contributed by atoms with van der Waals surface area (Å²) >= 11 is 0. The molecule has 1 heterocycles. The number of nitrogens with zero attached hydrogens (tertiary/aromatic N) is 2. The monoisotopic (exact) mass is 224 g/mol. The van der Waals surface area contributed by atoms with Crippen molar-refractivity contribution in [1.82, 2.24) is 15.1 Å². The molecule has 0 unspecified atom stereocenters. The lowest BCUT2D eigenvalue weighted by Crippen LogP contribution is -2.32. The summed E-state index contributed by atoms with van der Waals surface area (Å²) in [6.07, 6.45) is 5.13. The number of rotatable bonds is 6. The van der Waals surface area contributed by atoms with Crippen LogP contribution in [0.1, 0.15) is 26.7 Å². The maximum Gasteiger partial charge on any atom is 0.223 e. The number of carbonyl (C=O) groups excluding carboxylic acids is 1. The molecule has 0 aromatic carbocycles. The standard InChI is InChI=1S/C11H20N4O/c1-3-9(4-2)11(16)13-5-6-15-8-10(12)7-14-15/h7-9H,3-6,12H2,1-2H3,(H,13,16). The lowest BCUT2D eigenvalue weighted by molar-refractivity contribution is -0.125. The molecule has 0 aliphatic carbocycles. The molecule has 0 saturated heterocycles. The normalized spacial score (nSPS) is 10.7. The van der Waals surface area contributed by atoms with Crippen molar-refractivity contribution in [2.45, 2.75) is 33.2 Å². The number of amides is 1. The number of carbonyl (C=O) groups is 1. The van der Waals surface area contributed by atoms with Crippen LogP contribution in [0.15, 0.2) is 12.4 Å². The van der Waals surface area contributed by atoms with E-state index in [2.05, 4.69) is 10.4 Å². The van der Waals surface area contributed by atoms with E-state index in [-0.39, 0.29) is 11.8 Å². The lowest BCUT2D eigenvalue weighted by atomic mass is 10.0. The van der Waals surface area contributed by atoms with Gasteiger partial charge in [-0.15, -0.1) is 0 Å². The summed E-state index contributed by atoms with van der Waals surface area (Å²) in [7, 11) is 0. The van der Waals surface area contributed by atoms with Gasteiger partial charge in [0.2, 0.25) is 5.91 Å². The summed E-state index contributed by atoms with van der Waals surface area (Å²) in [6.45, 7) is 5.31. The second-order valence-corrected chi connectivity index (χ2v) is 3.84. The molecule has 0 fully saturated rings. The predicted octanol–water partition coefficient (Wildman–Crippen LogP) is 1.02. The van der Waals surface area contributed by atoms with Crippen LogP contribution in [0.5, 0.6) is 0 Å². The molecular weight excluding hydrogens is 204 g/mol. The minimum absolute atomic E-state index is 0.127. The van der Waals surface area contributed by atoms with Crippen LogP contribution in [0.2, 0.25) is 0 Å². The highest BCUT2D eigenvalue weighted by atomic mass is 16.1. The van der Waals surface area contributed by atoms with Crippen LogP contribution in [-0.4, -0.2) is 22.2 Å². The van der Waals surface area contributed by atoms with E-state index in [0.29, 0.717) is 18.8 Å². The molecular formula is C11H20N4O. The third-order valence-corrected chi connectivity index (χ3v) is 2.65. The van der Waals surface area contributed by atoms with E-state index < -0.39 is 0 Å². The Balaban J connectivity index is 2.27. The van der Waals surface area contributed by atoms with Gasteiger partial charge >= 0.3 is 0 Å². The van der Waals surface area contributed by atoms with Gasteiger partial charge in [-0.2, -0.15) is 5.10 Å². The highest BCUT2D eigenvalue weighted by Gasteiger charge is 2.12. The number of nitrogens with one attached hydrogen (secondary N) is 1. The van der Waals surface area contributed by atoms with E-state index >= 15 is 0 Å². The van der Waals surface area contributed by atoms with Crippen LogP contribution in [-0.2, 0) is 11.3 Å². The molecule has 3 N–H and O–H groups in total. The van der Waals surface area contributed by atoms with Gasteiger partial charge in [0, 0.05) is 18.7 Å². The van der Waals surface area contributed by atoms with Gasteiger partial charge in [0.05, 0.1) is 18.4 Å². The fourth-order valence-electron chi connectivity index (χ4n) is 1.60. The van der Waals surface area contributed by atoms with Crippen LogP contribution in [0.25, 0.3) is 0 Å². The molecule has 0 radical (unpaired) electrons. The Hall–Kier alpha value is -1.52. The predicted molar refractivity (Wildman–Crippen MR) is 63.7 cm³/mol. The Kier molecular flexibility index (Phi) is 4.82. The SMILES string of the molecule is CCC(CC)C(=O)NCCn1cc(N)cn1. The Labute approximate surface area is 96.0 Å². The number of aromatic nitrogens is 2. The zero-order valence-electron chi connectivity index (χ0n) is 9.94. The van der Waals surface area contributed by atoms with Crippen molar-refractivity contribution in [2.75, 3.05) is 12.3 Å². The molecule has 1 aromatic rings. The largest absolute Gasteiger partial charge is 0.396 e. The van der Waals surface area contributed by atoms with E-state index in [9.17, 15) is 4.79 Å². The summed E-state index contributed by atoms with van der Waals surface area (Å²) in [4.78, 5) is 11.6. The minimum Gasteiger partial charge on any atom is -0.396 e. The van der Waals surface area contributed by atoms with Gasteiger partial charge in [-0.1, -0.05) is 13.8 Å². The van der Waals surface area contributed by atoms with Gasteiger partial charge in [-0.25, -0.2) is 0 Å². The molecule has 0 aliphatic rings. The molecule has 1 amide bonds. The first kappa shape index (κ1) is 12.5. The smallest absolute Gasteiger partial charge is 0.223 e. The Morgan fingerprint density at radius 1 is 1.56 bits per heavy atom. The van der Waals surface area contributed by atoms with E-state index in [4.69, 9.17) is 5.73 Å². The summed E-state index contributed by atoms with van der Waals surface area (Å²) in [5, 5.41) is 6.94. The molecule has 1 rings (SSSR count). The molecule has 0 spiro atoms. The first-order valence-corrected chi connectivity index (χ1v) is 5.73. The molecule has 5 heteroatoms. The van der Waals surface area contributed by atoms with E-state index in [1.165, 1.54) is 0 Å². The van der Waals surface area contributed by atoms with Gasteiger partial charge in [0.25, 0.3) is 0 Å². The second-order valence-electron chi connectivity index (χ2n) is 3.84. The molecule has 0 saturated carbocycles. The molecule has 0 atom stereocenters. The summed E-state index contributed by atoms with van der Waals surface area (Å²) < 4.78 is 1.72. The highest BCUT2D eigenvalue weighted by Crippen LogP contribution is 2.06. The summed E-state index contributed by atoms with van der Waals surface area (Å²) in [5.74, 6) is 0.257. The quantitative estimate of drug-likeness (QED) is 0.757. The van der Waals surface area contributed by atoms with Crippen LogP contribution < -0.4 is 11.1 Å². The Morgan fingerprint density at radius 3 is 2.75 bits per heavy atom. The van der Waals surface area contributed by atoms with Gasteiger partial charge in [0.15, 0.2) is 0 Å². The molecule has 5 nitrogen and oxygen atoms in total. The van der Waals surface area contributed by atoms with E-state index in [1.54, 1.807) is 17.1 Å². The van der Waals surface area contributed by atoms with Gasteiger partial charge in [-0.05, 0) is 12.8 Å². The minimum atomic E-state index is 0.127. The number of hydrogen-bond donors (Lipinski definition) is 2. The summed E-state index contributed by atoms with van der Waals surface area (Å²) in [5.41, 5.74) is 6.18. The third kappa shape index (κ3) is 3.56. The van der Waals surface area contributed by atoms with Gasteiger partial charge in [0.1, 0.15) is 0 Å². The summed E-state index contributed by atoms with van der Waals surface area (Å²) in [6, 6.07) is 0. The third-order valence-electron chi connectivity index (χ3n) is 2.65. The average Bonchev–Trinajstić information content (AvgIpc) is 2.66. The molecule has 1 aromatic heterocycles. The Morgan fingerprint density at radius 2 is 2.25 bits per heavy atom. The highest BCUT2D eigenvalue weighted by molar-refractivity contribution is 5.78. The van der Waals surface area contributed by atoms with Crippen LogP contribution in [0.4, 0.5) is 5.69 Å². The second kappa shape index (κ2) is 6.15. The lowest BCUT2D eigenvalue weighted by Gasteiger charge is -2.12. The maximum atomic E-state index is 11.6. The van der Waals surface area contributed by atoms with Crippen molar-refractivity contribution in [2.24, 2.45) is 5.92 Å². The van der Waals surface area contributed by atoms with Gasteiger partial charge in [-0.3, -0.25) is 9.48 Å². The van der Waals surface area contributed by atoms with Crippen molar-refractivity contribution < 1.29 is 4.79 Å². The Bertz CT molecular complexity index is 330. The molecule has 16 heavy (non-hydrogen) atoms. The van der Waals surface area contributed by atoms with Crippen molar-refractivity contribution >= 4 is 11.6 Å². The van der Waals surface area contributed by atoms with Crippen LogP contribution in [0.3, 0.4) is 0 Å². The number of anilines is 1. The van der Waals surface area contributed by atoms with E-state index in [1.807, 2.05) is 13.8 Å². The number of nitrogen functional groups attached to an aromatic ring is 1. The first-order valence-electron chi connectivity index (χ1n) is 5.73. The zero-order chi connectivity index (χ0) is 12.0. The number of nitrogens with two attached hydrogens (primary N) is 1. The zero-order valence-corrected chi connectivity index (χ0v) is 9.94. The van der Waals surface area contributed by atoms with Crippen LogP contribution in [0, 0.1) is 5.92 Å². The van der Waals surface area contributed by atoms with E-state index in [0.717, 1.165) is 12.8 Å². The maximum absolute atomic E-state index is 11.6. The van der Waals surface area contributed by atoms with Crippen molar-refractivity contribution in [3.8, 4) is 0 Å². The van der Waals surface area contributed by atoms with Gasteiger partial charge < -0.3 is 11.1 Å². The fraction of sp³-hybridized carbons (Fsp3) is 0.636. The fourth-order valence-corrected chi connectivity index (χ4v) is 1.60. The average molecular weight is 224 g/mol. The molecule has 0 aliphatic heterocycles. The topological polar surface area (TPSA) is 72.9 Å². The molecule has 0 bridgehead atoms. The van der Waals surface area contributed by atoms with Crippen molar-refractivity contribution in [3.05, 3.63) is 12.4 Å². The van der Waals surface area contributed by atoms with Crippen molar-refractivity contribution in [3.63, 3.8) is 0 Å². The van der Waals surface area contributed by atoms with Crippen molar-refractivity contribution in [1.29, 1.82) is 0 Å². The van der Waals surface area contributed by atoms with Crippen LogP contribution >= 0.6 is 0 Å². The first-order chi connectivity index (χ1) is 7.67. The number of hydrogen-bond acceptors (Lipinski definition) is 3.